The number of anilines is 1. The summed E-state index contributed by atoms with van der Waals surface area (Å²) in [5.74, 6) is -1.18. The van der Waals surface area contributed by atoms with Crippen LogP contribution in [0.3, 0.4) is 0 Å². The van der Waals surface area contributed by atoms with E-state index in [-0.39, 0.29) is 35.2 Å². The second kappa shape index (κ2) is 8.40. The number of primary amides is 1. The molecule has 0 radical (unpaired) electrons. The van der Waals surface area contributed by atoms with Gasteiger partial charge in [0.15, 0.2) is 6.10 Å². The number of rotatable bonds is 5. The molecule has 3 rings (SSSR count). The summed E-state index contributed by atoms with van der Waals surface area (Å²) < 4.78 is 33.2. The van der Waals surface area contributed by atoms with Gasteiger partial charge in [-0.05, 0) is 42.8 Å². The van der Waals surface area contributed by atoms with E-state index in [0.717, 1.165) is 5.56 Å². The number of nitrogens with zero attached hydrogens (tertiary/aromatic N) is 1. The predicted octanol–water partition coefficient (Wildman–Crippen LogP) is 1.78. The Kier molecular flexibility index (Phi) is 6.11. The van der Waals surface area contributed by atoms with Crippen LogP contribution in [0.1, 0.15) is 15.9 Å². The fourth-order valence-corrected chi connectivity index (χ4v) is 4.21. The Labute approximate surface area is 173 Å². The molecule has 2 aromatic rings. The van der Waals surface area contributed by atoms with Gasteiger partial charge in [-0.1, -0.05) is 23.7 Å². The minimum atomic E-state index is -3.94. The number of carbonyl (C=O) groups excluding carboxylic acids is 2. The number of aryl methyl sites for hydroxylation is 1. The number of benzene rings is 2. The minimum Gasteiger partial charge on any atom is -0.367 e. The highest BCUT2D eigenvalue weighted by molar-refractivity contribution is 7.92. The highest BCUT2D eigenvalue weighted by Gasteiger charge is 2.30. The maximum Gasteiger partial charge on any atom is 0.261 e. The van der Waals surface area contributed by atoms with Crippen molar-refractivity contribution in [2.75, 3.05) is 24.4 Å². The Balaban J connectivity index is 1.87. The van der Waals surface area contributed by atoms with Crippen LogP contribution < -0.4 is 10.5 Å². The van der Waals surface area contributed by atoms with Crippen LogP contribution in [0.4, 0.5) is 5.69 Å². The molecule has 0 saturated carbocycles. The monoisotopic (exact) mass is 437 g/mol. The van der Waals surface area contributed by atoms with E-state index in [2.05, 4.69) is 4.72 Å². The smallest absolute Gasteiger partial charge is 0.261 e. The van der Waals surface area contributed by atoms with E-state index in [9.17, 15) is 18.0 Å². The van der Waals surface area contributed by atoms with Gasteiger partial charge in [-0.2, -0.15) is 0 Å². The Morgan fingerprint density at radius 3 is 2.69 bits per heavy atom. The summed E-state index contributed by atoms with van der Waals surface area (Å²) in [6.07, 6.45) is -0.915. The van der Waals surface area contributed by atoms with E-state index < -0.39 is 27.9 Å². The Morgan fingerprint density at radius 2 is 2.00 bits per heavy atom. The molecule has 1 fully saturated rings. The van der Waals surface area contributed by atoms with Crippen molar-refractivity contribution in [1.82, 2.24) is 4.90 Å². The number of halogens is 1. The lowest BCUT2D eigenvalue weighted by Gasteiger charge is -2.31. The van der Waals surface area contributed by atoms with Crippen LogP contribution in [-0.2, 0) is 19.6 Å². The molecule has 8 nitrogen and oxygen atoms in total. The molecule has 154 valence electrons. The third kappa shape index (κ3) is 4.87. The molecule has 1 heterocycles. The maximum atomic E-state index is 12.9. The number of hydrogen-bond acceptors (Lipinski definition) is 5. The van der Waals surface area contributed by atoms with E-state index in [1.165, 1.54) is 23.1 Å². The van der Waals surface area contributed by atoms with Gasteiger partial charge >= 0.3 is 0 Å². The van der Waals surface area contributed by atoms with Crippen molar-refractivity contribution in [3.63, 3.8) is 0 Å². The first-order valence-electron chi connectivity index (χ1n) is 8.76. The summed E-state index contributed by atoms with van der Waals surface area (Å²) in [5.41, 5.74) is 6.57. The molecule has 1 saturated heterocycles. The zero-order valence-corrected chi connectivity index (χ0v) is 17.2. The summed E-state index contributed by atoms with van der Waals surface area (Å²) >= 11 is 6.15. The largest absolute Gasteiger partial charge is 0.367 e. The van der Waals surface area contributed by atoms with Gasteiger partial charge in [0.1, 0.15) is 0 Å². The van der Waals surface area contributed by atoms with Gasteiger partial charge < -0.3 is 15.4 Å². The molecule has 0 aromatic heterocycles. The fourth-order valence-electron chi connectivity index (χ4n) is 2.93. The Hall–Kier alpha value is -2.62. The summed E-state index contributed by atoms with van der Waals surface area (Å²) in [6, 6.07) is 10.8. The Bertz CT molecular complexity index is 1060. The number of carbonyl (C=O) groups is 2. The molecule has 0 spiro atoms. The van der Waals surface area contributed by atoms with Crippen molar-refractivity contribution in [3.05, 3.63) is 58.6 Å². The molecule has 0 bridgehead atoms. The number of ether oxygens (including phenoxy) is 1. The third-order valence-corrected chi connectivity index (χ3v) is 6.13. The molecular formula is C19H20ClN3O5S. The zero-order valence-electron chi connectivity index (χ0n) is 15.6. The average molecular weight is 438 g/mol. The second-order valence-electron chi connectivity index (χ2n) is 6.63. The minimum absolute atomic E-state index is 0.0175. The fraction of sp³-hybridized carbons (Fsp3) is 0.263. The first kappa shape index (κ1) is 21.1. The van der Waals surface area contributed by atoms with E-state index in [1.807, 2.05) is 13.0 Å². The molecule has 2 amide bonds. The van der Waals surface area contributed by atoms with Gasteiger partial charge in [-0.25, -0.2) is 8.42 Å². The number of hydrogen-bond donors (Lipinski definition) is 2. The summed E-state index contributed by atoms with van der Waals surface area (Å²) in [5, 5.41) is 0.103. The first-order valence-corrected chi connectivity index (χ1v) is 10.6. The van der Waals surface area contributed by atoms with E-state index in [0.29, 0.717) is 5.69 Å². The van der Waals surface area contributed by atoms with Crippen molar-refractivity contribution in [2.24, 2.45) is 5.73 Å². The molecular weight excluding hydrogens is 418 g/mol. The lowest BCUT2D eigenvalue weighted by molar-refractivity contribution is -0.133. The summed E-state index contributed by atoms with van der Waals surface area (Å²) in [4.78, 5) is 25.5. The molecule has 1 unspecified atom stereocenters. The molecule has 0 aliphatic carbocycles. The van der Waals surface area contributed by atoms with Gasteiger partial charge in [0, 0.05) is 12.2 Å². The van der Waals surface area contributed by atoms with Crippen molar-refractivity contribution in [1.29, 1.82) is 0 Å². The maximum absolute atomic E-state index is 12.9. The van der Waals surface area contributed by atoms with E-state index >= 15 is 0 Å². The third-order valence-electron chi connectivity index (χ3n) is 4.42. The summed E-state index contributed by atoms with van der Waals surface area (Å²) in [6.45, 7) is 2.20. The average Bonchev–Trinajstić information content (AvgIpc) is 2.67. The van der Waals surface area contributed by atoms with Gasteiger partial charge in [-0.15, -0.1) is 0 Å². The van der Waals surface area contributed by atoms with Crippen LogP contribution >= 0.6 is 11.6 Å². The van der Waals surface area contributed by atoms with Crippen LogP contribution in [0.5, 0.6) is 0 Å². The van der Waals surface area contributed by atoms with E-state index in [1.54, 1.807) is 18.2 Å². The lowest BCUT2D eigenvalue weighted by Crippen LogP contribution is -2.50. The van der Waals surface area contributed by atoms with Crippen LogP contribution in [-0.4, -0.2) is 50.9 Å². The quantitative estimate of drug-likeness (QED) is 0.738. The highest BCUT2D eigenvalue weighted by atomic mass is 35.5. The second-order valence-corrected chi connectivity index (χ2v) is 8.72. The normalized spacial score (nSPS) is 17.0. The van der Waals surface area contributed by atoms with Crippen molar-refractivity contribution in [2.45, 2.75) is 17.9 Å². The topological polar surface area (TPSA) is 119 Å². The van der Waals surface area contributed by atoms with Crippen LogP contribution in [0.2, 0.25) is 5.02 Å². The van der Waals surface area contributed by atoms with Crippen molar-refractivity contribution in [3.8, 4) is 0 Å². The van der Waals surface area contributed by atoms with Gasteiger partial charge in [0.2, 0.25) is 5.91 Å². The van der Waals surface area contributed by atoms with Crippen molar-refractivity contribution < 1.29 is 22.7 Å². The molecule has 29 heavy (non-hydrogen) atoms. The lowest BCUT2D eigenvalue weighted by atomic mass is 10.1. The molecule has 1 aliphatic heterocycles. The number of nitrogens with two attached hydrogens (primary N) is 1. The SMILES string of the molecule is Cc1cccc(NS(=O)(=O)c2ccc(Cl)c(C(=O)N3CCOC(C(N)=O)C3)c2)c1. The van der Waals surface area contributed by atoms with Gasteiger partial charge in [0.05, 0.1) is 28.6 Å². The first-order chi connectivity index (χ1) is 13.7. The van der Waals surface area contributed by atoms with Crippen molar-refractivity contribution >= 4 is 39.1 Å². The number of amides is 2. The molecule has 1 atom stereocenters. The molecule has 2 aromatic carbocycles. The van der Waals surface area contributed by atoms with Crippen LogP contribution in [0.15, 0.2) is 47.4 Å². The molecule has 1 aliphatic rings. The van der Waals surface area contributed by atoms with Crippen LogP contribution in [0.25, 0.3) is 0 Å². The molecule has 10 heteroatoms. The standard InChI is InChI=1S/C19H20ClN3O5S/c1-12-3-2-4-13(9-12)22-29(26,27)14-5-6-16(20)15(10-14)19(25)23-7-8-28-17(11-23)18(21)24/h2-6,9-10,17,22H,7-8,11H2,1H3,(H2,21,24). The number of sulfonamides is 1. The highest BCUT2D eigenvalue weighted by Crippen LogP contribution is 2.25. The zero-order chi connectivity index (χ0) is 21.2. The van der Waals surface area contributed by atoms with Crippen LogP contribution in [0, 0.1) is 6.92 Å². The predicted molar refractivity (Wildman–Crippen MR) is 108 cm³/mol. The Morgan fingerprint density at radius 1 is 1.24 bits per heavy atom. The van der Waals surface area contributed by atoms with E-state index in [4.69, 9.17) is 22.1 Å². The van der Waals surface area contributed by atoms with Gasteiger partial charge in [0.25, 0.3) is 15.9 Å². The van der Waals surface area contributed by atoms with Gasteiger partial charge in [-0.3, -0.25) is 14.3 Å². The number of nitrogens with one attached hydrogen (secondary N) is 1. The molecule has 3 N–H and O–H groups in total. The summed E-state index contributed by atoms with van der Waals surface area (Å²) in [7, 11) is -3.94. The number of morpholine rings is 1.